The van der Waals surface area contributed by atoms with E-state index < -0.39 is 0 Å². The normalized spacial score (nSPS) is 27.4. The molecule has 24 heavy (non-hydrogen) atoms. The second-order valence-corrected chi connectivity index (χ2v) is 6.91. The van der Waals surface area contributed by atoms with E-state index in [2.05, 4.69) is 5.32 Å². The number of rotatable bonds is 5. The minimum atomic E-state index is -0.169. The fraction of sp³-hybridized carbons (Fsp3) is 0.611. The number of carbonyl (C=O) groups is 1. The third kappa shape index (κ3) is 4.28. The summed E-state index contributed by atoms with van der Waals surface area (Å²) in [4.78, 5) is 14.5. The number of hydrogen-bond donors (Lipinski definition) is 1. The van der Waals surface area contributed by atoms with Crippen molar-refractivity contribution >= 4 is 17.5 Å². The van der Waals surface area contributed by atoms with Crippen LogP contribution in [0, 0.1) is 0 Å². The molecule has 2 heterocycles. The van der Waals surface area contributed by atoms with E-state index >= 15 is 0 Å². The van der Waals surface area contributed by atoms with Gasteiger partial charge in [-0.1, -0.05) is 29.8 Å². The molecule has 2 aliphatic rings. The summed E-state index contributed by atoms with van der Waals surface area (Å²) in [5, 5.41) is 3.91. The van der Waals surface area contributed by atoms with Crippen molar-refractivity contribution in [3.05, 3.63) is 34.9 Å². The molecule has 6 heteroatoms. The summed E-state index contributed by atoms with van der Waals surface area (Å²) < 4.78 is 11.5. The lowest BCUT2D eigenvalue weighted by atomic mass is 10.1. The van der Waals surface area contributed by atoms with E-state index in [1.165, 1.54) is 0 Å². The van der Waals surface area contributed by atoms with Crippen LogP contribution in [-0.4, -0.2) is 55.8 Å². The zero-order valence-electron chi connectivity index (χ0n) is 14.0. The summed E-state index contributed by atoms with van der Waals surface area (Å²) in [6, 6.07) is 7.72. The average Bonchev–Trinajstić information content (AvgIpc) is 3.09. The Morgan fingerprint density at radius 1 is 1.38 bits per heavy atom. The number of amides is 1. The van der Waals surface area contributed by atoms with Gasteiger partial charge in [-0.25, -0.2) is 0 Å². The second-order valence-electron chi connectivity index (χ2n) is 6.50. The van der Waals surface area contributed by atoms with Crippen molar-refractivity contribution in [2.24, 2.45) is 0 Å². The highest BCUT2D eigenvalue weighted by Crippen LogP contribution is 2.29. The summed E-state index contributed by atoms with van der Waals surface area (Å²) in [5.41, 5.74) is 0.941. The molecule has 132 valence electrons. The molecular weight excluding hydrogens is 328 g/mol. The molecule has 0 saturated carbocycles. The largest absolute Gasteiger partial charge is 0.377 e. The molecule has 0 spiro atoms. The quantitative estimate of drug-likeness (QED) is 0.884. The van der Waals surface area contributed by atoms with E-state index in [4.69, 9.17) is 21.1 Å². The van der Waals surface area contributed by atoms with Gasteiger partial charge in [0.1, 0.15) is 6.10 Å². The van der Waals surface area contributed by atoms with Gasteiger partial charge in [-0.3, -0.25) is 4.79 Å². The molecule has 0 unspecified atom stereocenters. The topological polar surface area (TPSA) is 50.8 Å². The molecular formula is C18H25ClN2O3. The van der Waals surface area contributed by atoms with E-state index in [-0.39, 0.29) is 24.2 Å². The molecule has 0 bridgehead atoms. The van der Waals surface area contributed by atoms with Crippen molar-refractivity contribution in [2.75, 3.05) is 32.8 Å². The number of nitrogens with one attached hydrogen (secondary N) is 1. The molecule has 0 aromatic heterocycles. The van der Waals surface area contributed by atoms with Gasteiger partial charge in [0.25, 0.3) is 0 Å². The van der Waals surface area contributed by atoms with Gasteiger partial charge in [-0.05, 0) is 25.8 Å². The van der Waals surface area contributed by atoms with Crippen molar-refractivity contribution < 1.29 is 14.3 Å². The Morgan fingerprint density at radius 3 is 2.96 bits per heavy atom. The molecule has 2 aliphatic heterocycles. The van der Waals surface area contributed by atoms with Gasteiger partial charge < -0.3 is 19.7 Å². The van der Waals surface area contributed by atoms with E-state index in [1.54, 1.807) is 0 Å². The van der Waals surface area contributed by atoms with Crippen LogP contribution >= 0.6 is 11.6 Å². The van der Waals surface area contributed by atoms with Gasteiger partial charge in [-0.2, -0.15) is 0 Å². The van der Waals surface area contributed by atoms with Crippen LogP contribution in [0.2, 0.25) is 5.02 Å². The van der Waals surface area contributed by atoms with Gasteiger partial charge >= 0.3 is 0 Å². The summed E-state index contributed by atoms with van der Waals surface area (Å²) in [6.45, 7) is 4.97. The molecule has 0 aliphatic carbocycles. The van der Waals surface area contributed by atoms with Gasteiger partial charge in [0.2, 0.25) is 5.91 Å². The molecule has 0 radical (unpaired) electrons. The first-order valence-corrected chi connectivity index (χ1v) is 9.00. The van der Waals surface area contributed by atoms with Crippen molar-refractivity contribution in [1.29, 1.82) is 0 Å². The van der Waals surface area contributed by atoms with E-state index in [1.807, 2.05) is 36.1 Å². The zero-order valence-corrected chi connectivity index (χ0v) is 14.8. The van der Waals surface area contributed by atoms with Crippen molar-refractivity contribution in [1.82, 2.24) is 10.2 Å². The monoisotopic (exact) mass is 352 g/mol. The minimum Gasteiger partial charge on any atom is -0.377 e. The van der Waals surface area contributed by atoms with Gasteiger partial charge in [0, 0.05) is 23.7 Å². The highest BCUT2D eigenvalue weighted by atomic mass is 35.5. The van der Waals surface area contributed by atoms with Crippen LogP contribution in [0.5, 0.6) is 0 Å². The molecule has 5 nitrogen and oxygen atoms in total. The fourth-order valence-electron chi connectivity index (χ4n) is 3.28. The number of carbonyl (C=O) groups excluding carboxylic acids is 1. The summed E-state index contributed by atoms with van der Waals surface area (Å²) in [5.74, 6) is 0.0980. The first-order chi connectivity index (χ1) is 11.6. The Balaban J connectivity index is 1.55. The van der Waals surface area contributed by atoms with Crippen LogP contribution in [0.15, 0.2) is 24.3 Å². The lowest BCUT2D eigenvalue weighted by Crippen LogP contribution is -2.51. The Kier molecular flexibility index (Phi) is 6.11. The zero-order chi connectivity index (χ0) is 16.9. The lowest BCUT2D eigenvalue weighted by molar-refractivity contribution is -0.143. The fourth-order valence-corrected chi connectivity index (χ4v) is 3.53. The van der Waals surface area contributed by atoms with Crippen LogP contribution in [0.4, 0.5) is 0 Å². The van der Waals surface area contributed by atoms with Gasteiger partial charge in [0.05, 0.1) is 31.8 Å². The van der Waals surface area contributed by atoms with Crippen molar-refractivity contribution in [3.63, 3.8) is 0 Å². The van der Waals surface area contributed by atoms with E-state index in [9.17, 15) is 4.79 Å². The molecule has 2 saturated heterocycles. The first kappa shape index (κ1) is 17.7. The van der Waals surface area contributed by atoms with Crippen LogP contribution in [0.25, 0.3) is 0 Å². The van der Waals surface area contributed by atoms with E-state index in [0.29, 0.717) is 24.7 Å². The Bertz CT molecular complexity index is 563. The minimum absolute atomic E-state index is 0.0702. The second kappa shape index (κ2) is 8.30. The molecule has 1 aromatic rings. The number of nitrogens with zero attached hydrogens (tertiary/aromatic N) is 1. The van der Waals surface area contributed by atoms with Crippen molar-refractivity contribution in [3.8, 4) is 0 Å². The van der Waals surface area contributed by atoms with Gasteiger partial charge in [-0.15, -0.1) is 0 Å². The Morgan fingerprint density at radius 2 is 2.21 bits per heavy atom. The maximum atomic E-state index is 12.6. The highest BCUT2D eigenvalue weighted by Gasteiger charge is 2.31. The summed E-state index contributed by atoms with van der Waals surface area (Å²) >= 11 is 6.27. The lowest BCUT2D eigenvalue weighted by Gasteiger charge is -2.38. The molecule has 3 rings (SSSR count). The standard InChI is InChI=1S/C18H25ClN2O3/c1-13-12-24-17(15-6-2-3-7-16(15)19)11-21(13)18(22)10-20-9-14-5-4-8-23-14/h2-3,6-7,13-14,17,20H,4-5,8-12H2,1H3/t13-,14-,17-/m1/s1. The molecule has 1 amide bonds. The van der Waals surface area contributed by atoms with E-state index in [0.717, 1.165) is 31.6 Å². The van der Waals surface area contributed by atoms with Gasteiger partial charge in [0.15, 0.2) is 0 Å². The molecule has 1 aromatic carbocycles. The first-order valence-electron chi connectivity index (χ1n) is 8.63. The van der Waals surface area contributed by atoms with Crippen LogP contribution in [0.1, 0.15) is 31.4 Å². The van der Waals surface area contributed by atoms with Crippen LogP contribution in [0.3, 0.4) is 0 Å². The number of benzene rings is 1. The Labute approximate surface area is 148 Å². The molecule has 1 N–H and O–H groups in total. The van der Waals surface area contributed by atoms with Crippen LogP contribution in [-0.2, 0) is 14.3 Å². The third-order valence-corrected chi connectivity index (χ3v) is 5.02. The van der Waals surface area contributed by atoms with Crippen molar-refractivity contribution in [2.45, 2.75) is 38.0 Å². The highest BCUT2D eigenvalue weighted by molar-refractivity contribution is 6.31. The predicted octanol–water partition coefficient (Wildman–Crippen LogP) is 2.40. The number of ether oxygens (including phenoxy) is 2. The molecule has 3 atom stereocenters. The summed E-state index contributed by atoms with van der Waals surface area (Å²) in [7, 11) is 0. The predicted molar refractivity (Wildman–Crippen MR) is 93.2 cm³/mol. The van der Waals surface area contributed by atoms with Crippen LogP contribution < -0.4 is 5.32 Å². The SMILES string of the molecule is C[C@@H]1CO[C@@H](c2ccccc2Cl)CN1C(=O)CNC[C@H]1CCCO1. The Hall–Kier alpha value is -1.14. The number of halogens is 1. The third-order valence-electron chi connectivity index (χ3n) is 4.68. The summed E-state index contributed by atoms with van der Waals surface area (Å²) in [6.07, 6.45) is 2.26. The maximum Gasteiger partial charge on any atom is 0.236 e. The number of morpholine rings is 1. The number of hydrogen-bond acceptors (Lipinski definition) is 4. The smallest absolute Gasteiger partial charge is 0.236 e. The maximum absolute atomic E-state index is 12.6. The molecule has 2 fully saturated rings. The average molecular weight is 353 g/mol.